The number of aryl methyl sites for hydroxylation is 2. The third-order valence-corrected chi connectivity index (χ3v) is 4.28. The summed E-state index contributed by atoms with van der Waals surface area (Å²) in [7, 11) is 2.02. The van der Waals surface area contributed by atoms with Crippen LogP contribution in [0.3, 0.4) is 0 Å². The van der Waals surface area contributed by atoms with Gasteiger partial charge in [0, 0.05) is 4.90 Å². The monoisotopic (exact) mass is 285 g/mol. The first-order valence-electron chi connectivity index (χ1n) is 7.12. The van der Waals surface area contributed by atoms with Crippen LogP contribution >= 0.6 is 11.8 Å². The van der Waals surface area contributed by atoms with Gasteiger partial charge in [0.2, 0.25) is 0 Å². The lowest BCUT2D eigenvalue weighted by molar-refractivity contribution is 0.690. The smallest absolute Gasteiger partial charge is 0.0574 e. The number of hydrogen-bond acceptors (Lipinski definition) is 2. The van der Waals surface area contributed by atoms with Gasteiger partial charge in [-0.25, -0.2) is 0 Å². The van der Waals surface area contributed by atoms with E-state index in [0.717, 1.165) is 5.75 Å². The maximum absolute atomic E-state index is 3.43. The van der Waals surface area contributed by atoms with E-state index in [1.807, 2.05) is 18.8 Å². The number of thioether (sulfide) groups is 1. The summed E-state index contributed by atoms with van der Waals surface area (Å²) in [6, 6.07) is 15.9. The van der Waals surface area contributed by atoms with E-state index in [2.05, 4.69) is 68.6 Å². The molecule has 0 amide bonds. The standard InChI is InChI=1S/C18H23NS/c1-5-20-17-8-6-15(7-9-17)18(19-4)16-11-13(2)10-14(3)12-16/h6-12,18-19H,5H2,1-4H3. The second kappa shape index (κ2) is 6.96. The molecule has 0 aliphatic heterocycles. The fourth-order valence-electron chi connectivity index (χ4n) is 2.63. The second-order valence-electron chi connectivity index (χ2n) is 5.14. The van der Waals surface area contributed by atoms with Gasteiger partial charge in [0.25, 0.3) is 0 Å². The van der Waals surface area contributed by atoms with E-state index in [1.54, 1.807) is 0 Å². The summed E-state index contributed by atoms with van der Waals surface area (Å²) in [4.78, 5) is 1.34. The summed E-state index contributed by atoms with van der Waals surface area (Å²) in [5.41, 5.74) is 5.29. The molecule has 0 heterocycles. The second-order valence-corrected chi connectivity index (χ2v) is 6.48. The normalized spacial score (nSPS) is 12.4. The molecule has 0 radical (unpaired) electrons. The van der Waals surface area contributed by atoms with Gasteiger partial charge in [-0.05, 0) is 49.9 Å². The SMILES string of the molecule is CCSc1ccc(C(NC)c2cc(C)cc(C)c2)cc1. The Morgan fingerprint density at radius 2 is 1.55 bits per heavy atom. The van der Waals surface area contributed by atoms with Crippen LogP contribution in [0.5, 0.6) is 0 Å². The summed E-state index contributed by atoms with van der Waals surface area (Å²) in [5.74, 6) is 1.12. The summed E-state index contributed by atoms with van der Waals surface area (Å²) in [6.07, 6.45) is 0. The van der Waals surface area contributed by atoms with Crippen LogP contribution in [0.4, 0.5) is 0 Å². The van der Waals surface area contributed by atoms with Crippen molar-refractivity contribution in [3.8, 4) is 0 Å². The summed E-state index contributed by atoms with van der Waals surface area (Å²) in [5, 5.41) is 3.43. The highest BCUT2D eigenvalue weighted by atomic mass is 32.2. The van der Waals surface area contributed by atoms with Crippen molar-refractivity contribution in [1.82, 2.24) is 5.32 Å². The molecule has 1 N–H and O–H groups in total. The molecule has 0 saturated carbocycles. The van der Waals surface area contributed by atoms with Crippen LogP contribution in [-0.4, -0.2) is 12.8 Å². The minimum atomic E-state index is 0.259. The predicted molar refractivity (Wildman–Crippen MR) is 89.7 cm³/mol. The van der Waals surface area contributed by atoms with Crippen molar-refractivity contribution in [2.75, 3.05) is 12.8 Å². The van der Waals surface area contributed by atoms with Gasteiger partial charge in [-0.2, -0.15) is 0 Å². The van der Waals surface area contributed by atoms with E-state index < -0.39 is 0 Å². The fraction of sp³-hybridized carbons (Fsp3) is 0.333. The molecule has 1 unspecified atom stereocenters. The van der Waals surface area contributed by atoms with Crippen LogP contribution in [0, 0.1) is 13.8 Å². The van der Waals surface area contributed by atoms with Crippen molar-refractivity contribution in [3.05, 3.63) is 64.7 Å². The van der Waals surface area contributed by atoms with Crippen LogP contribution in [-0.2, 0) is 0 Å². The number of nitrogens with one attached hydrogen (secondary N) is 1. The Morgan fingerprint density at radius 1 is 0.950 bits per heavy atom. The van der Waals surface area contributed by atoms with E-state index in [4.69, 9.17) is 0 Å². The van der Waals surface area contributed by atoms with Gasteiger partial charge in [0.15, 0.2) is 0 Å². The summed E-state index contributed by atoms with van der Waals surface area (Å²) < 4.78 is 0. The maximum atomic E-state index is 3.43. The average Bonchev–Trinajstić information content (AvgIpc) is 2.41. The Bertz CT molecular complexity index is 540. The first-order valence-corrected chi connectivity index (χ1v) is 8.10. The first kappa shape index (κ1) is 15.1. The molecule has 0 aromatic heterocycles. The van der Waals surface area contributed by atoms with Gasteiger partial charge in [0.05, 0.1) is 6.04 Å². The van der Waals surface area contributed by atoms with Crippen molar-refractivity contribution in [3.63, 3.8) is 0 Å². The largest absolute Gasteiger partial charge is 0.309 e. The first-order chi connectivity index (χ1) is 9.63. The van der Waals surface area contributed by atoms with Gasteiger partial charge in [-0.15, -0.1) is 11.8 Å². The Labute approximate surface area is 126 Å². The lowest BCUT2D eigenvalue weighted by atomic mass is 9.96. The topological polar surface area (TPSA) is 12.0 Å². The molecule has 20 heavy (non-hydrogen) atoms. The molecule has 0 aliphatic rings. The van der Waals surface area contributed by atoms with E-state index in [1.165, 1.54) is 27.1 Å². The van der Waals surface area contributed by atoms with Gasteiger partial charge < -0.3 is 5.32 Å². The number of benzene rings is 2. The quantitative estimate of drug-likeness (QED) is 0.797. The van der Waals surface area contributed by atoms with Crippen molar-refractivity contribution >= 4 is 11.8 Å². The highest BCUT2D eigenvalue weighted by Crippen LogP contribution is 2.26. The molecular weight excluding hydrogens is 262 g/mol. The number of hydrogen-bond donors (Lipinski definition) is 1. The van der Waals surface area contributed by atoms with Crippen molar-refractivity contribution < 1.29 is 0 Å². The van der Waals surface area contributed by atoms with Crippen LogP contribution in [0.15, 0.2) is 47.4 Å². The zero-order valence-electron chi connectivity index (χ0n) is 12.7. The Kier molecular flexibility index (Phi) is 5.27. The van der Waals surface area contributed by atoms with Gasteiger partial charge >= 0.3 is 0 Å². The average molecular weight is 285 g/mol. The maximum Gasteiger partial charge on any atom is 0.0574 e. The van der Waals surface area contributed by atoms with Gasteiger partial charge in [0.1, 0.15) is 0 Å². The Balaban J connectivity index is 2.31. The summed E-state index contributed by atoms with van der Waals surface area (Å²) in [6.45, 7) is 6.50. The zero-order valence-corrected chi connectivity index (χ0v) is 13.6. The van der Waals surface area contributed by atoms with Crippen molar-refractivity contribution in [2.24, 2.45) is 0 Å². The Hall–Kier alpha value is -1.25. The molecule has 106 valence electrons. The Morgan fingerprint density at radius 3 is 2.05 bits per heavy atom. The molecular formula is C18H23NS. The van der Waals surface area contributed by atoms with Crippen LogP contribution in [0.1, 0.15) is 35.2 Å². The highest BCUT2D eigenvalue weighted by molar-refractivity contribution is 7.99. The number of rotatable bonds is 5. The van der Waals surface area contributed by atoms with Gasteiger partial charge in [-0.3, -0.25) is 0 Å². The van der Waals surface area contributed by atoms with E-state index in [-0.39, 0.29) is 6.04 Å². The minimum Gasteiger partial charge on any atom is -0.309 e. The molecule has 1 nitrogen and oxygen atoms in total. The van der Waals surface area contributed by atoms with Crippen LogP contribution in [0.25, 0.3) is 0 Å². The van der Waals surface area contributed by atoms with Crippen LogP contribution < -0.4 is 5.32 Å². The molecule has 2 heteroatoms. The minimum absolute atomic E-state index is 0.259. The molecule has 2 rings (SSSR count). The van der Waals surface area contributed by atoms with E-state index >= 15 is 0 Å². The highest BCUT2D eigenvalue weighted by Gasteiger charge is 2.12. The van der Waals surface area contributed by atoms with Gasteiger partial charge in [-0.1, -0.05) is 48.4 Å². The van der Waals surface area contributed by atoms with Crippen molar-refractivity contribution in [1.29, 1.82) is 0 Å². The van der Waals surface area contributed by atoms with Crippen molar-refractivity contribution in [2.45, 2.75) is 31.7 Å². The fourth-order valence-corrected chi connectivity index (χ4v) is 3.29. The van der Waals surface area contributed by atoms with E-state index in [9.17, 15) is 0 Å². The predicted octanol–water partition coefficient (Wildman–Crippen LogP) is 4.72. The molecule has 0 bridgehead atoms. The molecule has 0 fully saturated rings. The van der Waals surface area contributed by atoms with E-state index in [0.29, 0.717) is 0 Å². The summed E-state index contributed by atoms with van der Waals surface area (Å²) >= 11 is 1.88. The third kappa shape index (κ3) is 3.65. The molecule has 0 aliphatic carbocycles. The van der Waals surface area contributed by atoms with Crippen LogP contribution in [0.2, 0.25) is 0 Å². The lowest BCUT2D eigenvalue weighted by Gasteiger charge is -2.19. The molecule has 2 aromatic carbocycles. The molecule has 0 saturated heterocycles. The zero-order chi connectivity index (χ0) is 14.5. The molecule has 0 spiro atoms. The molecule has 1 atom stereocenters. The third-order valence-electron chi connectivity index (χ3n) is 3.39. The lowest BCUT2D eigenvalue weighted by Crippen LogP contribution is -2.17. The molecule has 2 aromatic rings.